The molecule has 1 aliphatic heterocycles. The van der Waals surface area contributed by atoms with Gasteiger partial charge in [-0.3, -0.25) is 4.90 Å². The molecule has 3 heterocycles. The normalized spacial score (nSPS) is 15.8. The molecule has 4 aromatic rings. The van der Waals surface area contributed by atoms with Gasteiger partial charge in [0.05, 0.1) is 45.4 Å². The van der Waals surface area contributed by atoms with Crippen LogP contribution in [0, 0.1) is 17.7 Å². The van der Waals surface area contributed by atoms with Crippen LogP contribution in [-0.2, 0) is 16.1 Å². The number of halogens is 2. The Bertz CT molecular complexity index is 1720. The molecule has 2 aromatic heterocycles. The molecule has 44 heavy (non-hydrogen) atoms. The third kappa shape index (κ3) is 7.67. The SMILES string of the molecule is CCOC(=O)N[C@H]1C[C@@H](C#Cc2cc3ncnc(Nc4ccc(OCc5cccc(F)c5)c(Cl)c4)c3s2)N(C(=O)OCC)C1. The molecule has 1 fully saturated rings. The summed E-state index contributed by atoms with van der Waals surface area (Å²) in [5, 5.41) is 6.44. The molecule has 2 amide bonds. The Labute approximate surface area is 262 Å². The van der Waals surface area contributed by atoms with Crippen molar-refractivity contribution >= 4 is 56.8 Å². The summed E-state index contributed by atoms with van der Waals surface area (Å²) in [5.41, 5.74) is 2.08. The van der Waals surface area contributed by atoms with Crippen molar-refractivity contribution in [2.24, 2.45) is 0 Å². The van der Waals surface area contributed by atoms with E-state index in [9.17, 15) is 14.0 Å². The van der Waals surface area contributed by atoms with E-state index in [1.807, 2.05) is 6.07 Å². The van der Waals surface area contributed by atoms with Crippen molar-refractivity contribution in [3.63, 3.8) is 0 Å². The van der Waals surface area contributed by atoms with Crippen LogP contribution >= 0.6 is 22.9 Å². The highest BCUT2D eigenvalue weighted by molar-refractivity contribution is 7.20. The number of rotatable bonds is 8. The maximum atomic E-state index is 13.5. The van der Waals surface area contributed by atoms with Crippen LogP contribution in [0.1, 0.15) is 30.7 Å². The zero-order chi connectivity index (χ0) is 31.1. The average molecular weight is 638 g/mol. The van der Waals surface area contributed by atoms with Gasteiger partial charge in [-0.25, -0.2) is 23.9 Å². The van der Waals surface area contributed by atoms with E-state index in [-0.39, 0.29) is 38.2 Å². The van der Waals surface area contributed by atoms with Crippen LogP contribution in [0.2, 0.25) is 5.02 Å². The quantitative estimate of drug-likeness (QED) is 0.210. The molecule has 5 rings (SSSR count). The molecule has 13 heteroatoms. The molecule has 0 bridgehead atoms. The summed E-state index contributed by atoms with van der Waals surface area (Å²) in [6, 6.07) is 12.5. The zero-order valence-electron chi connectivity index (χ0n) is 23.9. The van der Waals surface area contributed by atoms with Gasteiger partial charge in [-0.1, -0.05) is 35.6 Å². The molecule has 1 saturated heterocycles. The third-order valence-electron chi connectivity index (χ3n) is 6.55. The molecule has 2 atom stereocenters. The number of nitrogens with one attached hydrogen (secondary N) is 2. The Hall–Kier alpha value is -4.60. The molecular formula is C31H29ClFN5O5S. The van der Waals surface area contributed by atoms with Gasteiger partial charge >= 0.3 is 12.2 Å². The van der Waals surface area contributed by atoms with Gasteiger partial charge in [0.15, 0.2) is 5.82 Å². The minimum atomic E-state index is -0.537. The zero-order valence-corrected chi connectivity index (χ0v) is 25.5. The van der Waals surface area contributed by atoms with Crippen LogP contribution in [-0.4, -0.2) is 58.9 Å². The van der Waals surface area contributed by atoms with Gasteiger partial charge in [0.25, 0.3) is 0 Å². The highest BCUT2D eigenvalue weighted by Gasteiger charge is 2.36. The lowest BCUT2D eigenvalue weighted by Crippen LogP contribution is -2.39. The fraction of sp³-hybridized carbons (Fsp3) is 0.290. The Balaban J connectivity index is 1.29. The molecule has 0 saturated carbocycles. The van der Waals surface area contributed by atoms with Crippen molar-refractivity contribution in [3.8, 4) is 17.6 Å². The number of alkyl carbamates (subject to hydrolysis) is 1. The predicted octanol–water partition coefficient (Wildman–Crippen LogP) is 6.50. The lowest BCUT2D eigenvalue weighted by molar-refractivity contribution is 0.108. The molecule has 2 N–H and O–H groups in total. The van der Waals surface area contributed by atoms with Gasteiger partial charge in [-0.05, 0) is 55.8 Å². The minimum Gasteiger partial charge on any atom is -0.487 e. The van der Waals surface area contributed by atoms with Crippen LogP contribution in [0.15, 0.2) is 54.9 Å². The number of thiophene rings is 1. The number of anilines is 2. The Kier molecular flexibility index (Phi) is 9.99. The second-order valence-corrected chi connectivity index (χ2v) is 11.1. The molecule has 0 aliphatic carbocycles. The smallest absolute Gasteiger partial charge is 0.410 e. The standard InChI is InChI=1S/C31H29ClFN5O5S/c1-3-41-30(39)37-22-13-23(38(16-22)31(40)42-4-2)9-10-24-15-26-28(44-24)29(35-18-34-26)36-21-8-11-27(25(32)14-21)43-17-19-6-5-7-20(33)12-19/h5-8,11-12,14-15,18,22-23H,3-4,13,16-17H2,1-2H3,(H,37,39)(H,34,35,36)/t22-,23+/m0/s1. The van der Waals surface area contributed by atoms with E-state index in [0.717, 1.165) is 9.58 Å². The second-order valence-electron chi connectivity index (χ2n) is 9.67. The summed E-state index contributed by atoms with van der Waals surface area (Å²) >= 11 is 7.88. The van der Waals surface area contributed by atoms with E-state index >= 15 is 0 Å². The summed E-state index contributed by atoms with van der Waals surface area (Å²) in [5.74, 6) is 7.03. The minimum absolute atomic E-state index is 0.177. The number of carbonyl (C=O) groups excluding carboxylic acids is 2. The van der Waals surface area contributed by atoms with E-state index < -0.39 is 18.2 Å². The molecule has 1 aliphatic rings. The van der Waals surface area contributed by atoms with E-state index in [1.165, 1.54) is 34.7 Å². The van der Waals surface area contributed by atoms with Crippen LogP contribution in [0.3, 0.4) is 0 Å². The summed E-state index contributed by atoms with van der Waals surface area (Å²) in [4.78, 5) is 35.5. The number of carbonyl (C=O) groups is 2. The summed E-state index contributed by atoms with van der Waals surface area (Å²) in [6.45, 7) is 4.38. The van der Waals surface area contributed by atoms with Crippen molar-refractivity contribution in [3.05, 3.63) is 76.1 Å². The number of nitrogens with zero attached hydrogens (tertiary/aromatic N) is 3. The van der Waals surface area contributed by atoms with E-state index in [4.69, 9.17) is 25.8 Å². The number of fused-ring (bicyclic) bond motifs is 1. The van der Waals surface area contributed by atoms with Crippen molar-refractivity contribution in [1.29, 1.82) is 0 Å². The number of ether oxygens (including phenoxy) is 3. The molecule has 0 spiro atoms. The fourth-order valence-corrected chi connectivity index (χ4v) is 5.76. The topological polar surface area (TPSA) is 115 Å². The van der Waals surface area contributed by atoms with Crippen molar-refractivity contribution in [2.45, 2.75) is 39.0 Å². The lowest BCUT2D eigenvalue weighted by Gasteiger charge is -2.19. The Morgan fingerprint density at radius 3 is 2.75 bits per heavy atom. The molecule has 0 unspecified atom stereocenters. The van der Waals surface area contributed by atoms with Gasteiger partial charge in [0.1, 0.15) is 24.5 Å². The predicted molar refractivity (Wildman–Crippen MR) is 166 cm³/mol. The number of benzene rings is 2. The van der Waals surface area contributed by atoms with Crippen molar-refractivity contribution < 1.29 is 28.2 Å². The van der Waals surface area contributed by atoms with Crippen LogP contribution in [0.4, 0.5) is 25.5 Å². The first kappa shape index (κ1) is 30.8. The first-order valence-electron chi connectivity index (χ1n) is 13.9. The van der Waals surface area contributed by atoms with Crippen LogP contribution in [0.5, 0.6) is 5.75 Å². The number of aromatic nitrogens is 2. The van der Waals surface area contributed by atoms with Crippen molar-refractivity contribution in [2.75, 3.05) is 25.1 Å². The van der Waals surface area contributed by atoms with Gasteiger partial charge in [-0.2, -0.15) is 0 Å². The average Bonchev–Trinajstić information content (AvgIpc) is 3.60. The number of likely N-dealkylation sites (tertiary alicyclic amines) is 1. The second kappa shape index (κ2) is 14.2. The van der Waals surface area contributed by atoms with E-state index in [1.54, 1.807) is 44.2 Å². The molecule has 0 radical (unpaired) electrons. The summed E-state index contributed by atoms with van der Waals surface area (Å²) in [6.07, 6.45) is 0.867. The Morgan fingerprint density at radius 2 is 1.98 bits per heavy atom. The van der Waals surface area contributed by atoms with Crippen LogP contribution < -0.4 is 15.4 Å². The Morgan fingerprint density at radius 1 is 1.14 bits per heavy atom. The van der Waals surface area contributed by atoms with Gasteiger partial charge in [-0.15, -0.1) is 11.3 Å². The maximum Gasteiger partial charge on any atom is 0.410 e. The summed E-state index contributed by atoms with van der Waals surface area (Å²) in [7, 11) is 0. The summed E-state index contributed by atoms with van der Waals surface area (Å²) < 4.78 is 30.2. The highest BCUT2D eigenvalue weighted by Crippen LogP contribution is 2.33. The van der Waals surface area contributed by atoms with Gasteiger partial charge in [0, 0.05) is 18.7 Å². The van der Waals surface area contributed by atoms with E-state index in [0.29, 0.717) is 39.8 Å². The fourth-order valence-electron chi connectivity index (χ4n) is 4.60. The first-order chi connectivity index (χ1) is 21.3. The highest BCUT2D eigenvalue weighted by atomic mass is 35.5. The molecule has 2 aromatic carbocycles. The van der Waals surface area contributed by atoms with Gasteiger partial charge < -0.3 is 24.8 Å². The number of amides is 2. The number of hydrogen-bond acceptors (Lipinski definition) is 9. The lowest BCUT2D eigenvalue weighted by atomic mass is 10.2. The molecule has 10 nitrogen and oxygen atoms in total. The maximum absolute atomic E-state index is 13.5. The van der Waals surface area contributed by atoms with E-state index in [2.05, 4.69) is 32.4 Å². The molecule has 228 valence electrons. The third-order valence-corrected chi connectivity index (χ3v) is 7.89. The first-order valence-corrected chi connectivity index (χ1v) is 15.1. The van der Waals surface area contributed by atoms with Crippen LogP contribution in [0.25, 0.3) is 10.2 Å². The largest absolute Gasteiger partial charge is 0.487 e. The van der Waals surface area contributed by atoms with Gasteiger partial charge in [0.2, 0.25) is 0 Å². The monoisotopic (exact) mass is 637 g/mol. The molecular weight excluding hydrogens is 609 g/mol. The van der Waals surface area contributed by atoms with Crippen molar-refractivity contribution in [1.82, 2.24) is 20.2 Å². The number of hydrogen-bond donors (Lipinski definition) is 2.